The van der Waals surface area contributed by atoms with Crippen LogP contribution in [-0.2, 0) is 16.6 Å². The van der Waals surface area contributed by atoms with Crippen LogP contribution < -0.4 is 10.0 Å². The van der Waals surface area contributed by atoms with E-state index in [9.17, 15) is 12.8 Å². The molecular formula is C15H23FN2O2S. The highest BCUT2D eigenvalue weighted by atomic mass is 32.2. The number of hydrogen-bond donors (Lipinski definition) is 2. The average Bonchev–Trinajstić information content (AvgIpc) is 3.21. The van der Waals surface area contributed by atoms with Crippen molar-refractivity contribution in [2.45, 2.75) is 50.1 Å². The fraction of sp³-hybridized carbons (Fsp3) is 0.600. The van der Waals surface area contributed by atoms with E-state index < -0.39 is 15.8 Å². The van der Waals surface area contributed by atoms with Gasteiger partial charge in [0.25, 0.3) is 0 Å². The summed E-state index contributed by atoms with van der Waals surface area (Å²) in [5, 5.41) is 2.91. The van der Waals surface area contributed by atoms with Crippen LogP contribution in [0.15, 0.2) is 23.1 Å². The van der Waals surface area contributed by atoms with Gasteiger partial charge in [0.15, 0.2) is 0 Å². The highest BCUT2D eigenvalue weighted by Crippen LogP contribution is 2.34. The summed E-state index contributed by atoms with van der Waals surface area (Å²) < 4.78 is 41.3. The molecule has 1 aromatic rings. The topological polar surface area (TPSA) is 58.2 Å². The third kappa shape index (κ3) is 4.49. The minimum absolute atomic E-state index is 0.112. The van der Waals surface area contributed by atoms with Crippen LogP contribution in [-0.4, -0.2) is 21.5 Å². The summed E-state index contributed by atoms with van der Waals surface area (Å²) in [4.78, 5) is -0.267. The predicted octanol–water partition coefficient (Wildman–Crippen LogP) is 2.40. The Kier molecular flexibility index (Phi) is 5.35. The van der Waals surface area contributed by atoms with Gasteiger partial charge in [0.1, 0.15) is 10.7 Å². The third-order valence-electron chi connectivity index (χ3n) is 3.80. The first-order valence-corrected chi connectivity index (χ1v) is 8.90. The molecule has 0 bridgehead atoms. The van der Waals surface area contributed by atoms with Crippen molar-refractivity contribution in [1.29, 1.82) is 0 Å². The second-order valence-electron chi connectivity index (χ2n) is 5.70. The lowest BCUT2D eigenvalue weighted by Crippen LogP contribution is -2.35. The van der Waals surface area contributed by atoms with Crippen LogP contribution in [0.25, 0.3) is 0 Å². The van der Waals surface area contributed by atoms with E-state index in [2.05, 4.69) is 10.0 Å². The smallest absolute Gasteiger partial charge is 0.243 e. The zero-order valence-electron chi connectivity index (χ0n) is 12.5. The van der Waals surface area contributed by atoms with Crippen molar-refractivity contribution in [3.05, 3.63) is 29.6 Å². The Hall–Kier alpha value is -0.980. The number of benzene rings is 1. The van der Waals surface area contributed by atoms with Crippen LogP contribution in [0.1, 0.15) is 38.2 Å². The van der Waals surface area contributed by atoms with Gasteiger partial charge in [-0.25, -0.2) is 17.5 Å². The van der Waals surface area contributed by atoms with Gasteiger partial charge in [-0.1, -0.05) is 25.8 Å². The van der Waals surface area contributed by atoms with Crippen molar-refractivity contribution in [1.82, 2.24) is 10.0 Å². The fourth-order valence-electron chi connectivity index (χ4n) is 2.41. The van der Waals surface area contributed by atoms with Crippen LogP contribution in [0.4, 0.5) is 4.39 Å². The summed E-state index contributed by atoms with van der Waals surface area (Å²) in [6.07, 6.45) is 3.90. The summed E-state index contributed by atoms with van der Waals surface area (Å²) in [7, 11) is -2.04. The molecule has 1 saturated carbocycles. The molecule has 1 aliphatic carbocycles. The Balaban J connectivity index is 2.13. The molecule has 0 aliphatic heterocycles. The Bertz CT molecular complexity index is 585. The molecule has 1 aliphatic rings. The molecular weight excluding hydrogens is 291 g/mol. The molecule has 4 nitrogen and oxygen atoms in total. The molecule has 0 aromatic heterocycles. The zero-order chi connectivity index (χ0) is 15.5. The SMILES string of the molecule is CCC(CC1CC1)NS(=O)(=O)c1ccc(CNC)cc1F. The molecule has 118 valence electrons. The van der Waals surface area contributed by atoms with E-state index in [1.54, 1.807) is 13.1 Å². The molecule has 0 spiro atoms. The standard InChI is InChI=1S/C15H23FN2O2S/c1-3-13(8-11-4-5-11)18-21(19,20)15-7-6-12(10-17-2)9-14(15)16/h6-7,9,11,13,17-18H,3-5,8,10H2,1-2H3. The lowest BCUT2D eigenvalue weighted by Gasteiger charge is -2.17. The Morgan fingerprint density at radius 3 is 2.62 bits per heavy atom. The molecule has 0 saturated heterocycles. The van der Waals surface area contributed by atoms with E-state index in [1.165, 1.54) is 25.0 Å². The monoisotopic (exact) mass is 314 g/mol. The first-order chi connectivity index (χ1) is 9.96. The van der Waals surface area contributed by atoms with Gasteiger partial charge >= 0.3 is 0 Å². The van der Waals surface area contributed by atoms with E-state index >= 15 is 0 Å². The second-order valence-corrected chi connectivity index (χ2v) is 7.38. The van der Waals surface area contributed by atoms with E-state index in [0.717, 1.165) is 18.4 Å². The van der Waals surface area contributed by atoms with Gasteiger partial charge in [0.2, 0.25) is 10.0 Å². The summed E-state index contributed by atoms with van der Waals surface area (Å²) in [6, 6.07) is 4.13. The molecule has 0 radical (unpaired) electrons. The van der Waals surface area contributed by atoms with E-state index in [-0.39, 0.29) is 10.9 Å². The van der Waals surface area contributed by atoms with Crippen LogP contribution in [0.2, 0.25) is 0 Å². The normalized spacial score (nSPS) is 16.9. The molecule has 2 N–H and O–H groups in total. The highest BCUT2D eigenvalue weighted by Gasteiger charge is 2.28. The molecule has 6 heteroatoms. The lowest BCUT2D eigenvalue weighted by molar-refractivity contribution is 0.490. The maximum atomic E-state index is 14.1. The van der Waals surface area contributed by atoms with Crippen LogP contribution in [0.3, 0.4) is 0 Å². The summed E-state index contributed by atoms with van der Waals surface area (Å²) >= 11 is 0. The first kappa shape index (κ1) is 16.4. The van der Waals surface area contributed by atoms with Crippen LogP contribution in [0, 0.1) is 11.7 Å². The summed E-state index contributed by atoms with van der Waals surface area (Å²) in [6.45, 7) is 2.45. The third-order valence-corrected chi connectivity index (χ3v) is 5.35. The number of hydrogen-bond acceptors (Lipinski definition) is 3. The molecule has 0 amide bonds. The molecule has 21 heavy (non-hydrogen) atoms. The zero-order valence-corrected chi connectivity index (χ0v) is 13.3. The number of rotatable bonds is 8. The second kappa shape index (κ2) is 6.85. The fourth-order valence-corrected chi connectivity index (χ4v) is 3.80. The first-order valence-electron chi connectivity index (χ1n) is 7.41. The van der Waals surface area contributed by atoms with Crippen molar-refractivity contribution in [3.63, 3.8) is 0 Å². The highest BCUT2D eigenvalue weighted by molar-refractivity contribution is 7.89. The van der Waals surface area contributed by atoms with Gasteiger partial charge in [0, 0.05) is 12.6 Å². The maximum absolute atomic E-state index is 14.1. The van der Waals surface area contributed by atoms with Crippen molar-refractivity contribution < 1.29 is 12.8 Å². The number of sulfonamides is 1. The van der Waals surface area contributed by atoms with E-state index in [1.807, 2.05) is 6.92 Å². The molecule has 2 rings (SSSR count). The van der Waals surface area contributed by atoms with Gasteiger partial charge in [-0.2, -0.15) is 0 Å². The number of halogens is 1. The number of nitrogens with one attached hydrogen (secondary N) is 2. The van der Waals surface area contributed by atoms with E-state index in [4.69, 9.17) is 0 Å². The minimum Gasteiger partial charge on any atom is -0.316 e. The maximum Gasteiger partial charge on any atom is 0.243 e. The minimum atomic E-state index is -3.80. The predicted molar refractivity (Wildman–Crippen MR) is 80.9 cm³/mol. The molecule has 1 fully saturated rings. The largest absolute Gasteiger partial charge is 0.316 e. The average molecular weight is 314 g/mol. The Morgan fingerprint density at radius 2 is 2.10 bits per heavy atom. The van der Waals surface area contributed by atoms with Crippen molar-refractivity contribution >= 4 is 10.0 Å². The summed E-state index contributed by atoms with van der Waals surface area (Å²) in [5.74, 6) is -0.0722. The Morgan fingerprint density at radius 1 is 1.38 bits per heavy atom. The van der Waals surface area contributed by atoms with Crippen molar-refractivity contribution in [3.8, 4) is 0 Å². The lowest BCUT2D eigenvalue weighted by atomic mass is 10.1. The molecule has 0 heterocycles. The van der Waals surface area contributed by atoms with Gasteiger partial charge in [-0.05, 0) is 43.5 Å². The quantitative estimate of drug-likeness (QED) is 0.774. The molecule has 1 unspecified atom stereocenters. The summed E-state index contributed by atoms with van der Waals surface area (Å²) in [5.41, 5.74) is 0.721. The van der Waals surface area contributed by atoms with Gasteiger partial charge in [-0.3, -0.25) is 0 Å². The van der Waals surface area contributed by atoms with Crippen molar-refractivity contribution in [2.75, 3.05) is 7.05 Å². The van der Waals surface area contributed by atoms with Gasteiger partial charge < -0.3 is 5.32 Å². The van der Waals surface area contributed by atoms with Crippen LogP contribution in [0.5, 0.6) is 0 Å². The van der Waals surface area contributed by atoms with Crippen molar-refractivity contribution in [2.24, 2.45) is 5.92 Å². The van der Waals surface area contributed by atoms with Gasteiger partial charge in [-0.15, -0.1) is 0 Å². The molecule has 1 atom stereocenters. The molecule has 1 aromatic carbocycles. The Labute approximate surface area is 126 Å². The van der Waals surface area contributed by atoms with E-state index in [0.29, 0.717) is 12.5 Å². The van der Waals surface area contributed by atoms with Crippen LogP contribution >= 0.6 is 0 Å². The van der Waals surface area contributed by atoms with Gasteiger partial charge in [0.05, 0.1) is 0 Å².